The first-order valence-corrected chi connectivity index (χ1v) is 7.93. The molecular formula is C17H19BrN2O2. The number of rotatable bonds is 8. The van der Waals surface area contributed by atoms with Crippen molar-refractivity contribution >= 4 is 27.8 Å². The van der Waals surface area contributed by atoms with E-state index in [1.807, 2.05) is 55.5 Å². The van der Waals surface area contributed by atoms with E-state index in [9.17, 15) is 0 Å². The Labute approximate surface area is 139 Å². The first-order valence-electron chi connectivity index (χ1n) is 7.14. The molecule has 0 aliphatic heterocycles. The van der Waals surface area contributed by atoms with Crippen molar-refractivity contribution in [2.45, 2.75) is 6.92 Å². The van der Waals surface area contributed by atoms with E-state index in [0.717, 1.165) is 21.5 Å². The van der Waals surface area contributed by atoms with Gasteiger partial charge in [0.25, 0.3) is 0 Å². The molecule has 0 fully saturated rings. The molecule has 0 aromatic heterocycles. The molecule has 0 amide bonds. The van der Waals surface area contributed by atoms with Crippen molar-refractivity contribution in [1.29, 1.82) is 0 Å². The van der Waals surface area contributed by atoms with E-state index in [-0.39, 0.29) is 0 Å². The fraction of sp³-hybridized carbons (Fsp3) is 0.235. The average Bonchev–Trinajstić information content (AvgIpc) is 2.54. The molecule has 0 unspecified atom stereocenters. The average molecular weight is 363 g/mol. The molecule has 1 N–H and O–H groups in total. The molecule has 0 bridgehead atoms. The summed E-state index contributed by atoms with van der Waals surface area (Å²) in [5, 5.41) is 4.25. The highest BCUT2D eigenvalue weighted by Gasteiger charge is 2.03. The zero-order chi connectivity index (χ0) is 15.6. The lowest BCUT2D eigenvalue weighted by Crippen LogP contribution is -2.07. The van der Waals surface area contributed by atoms with Crippen LogP contribution in [0.2, 0.25) is 0 Å². The molecule has 0 saturated carbocycles. The molecule has 0 saturated heterocycles. The third-order valence-electron chi connectivity index (χ3n) is 2.83. The van der Waals surface area contributed by atoms with Gasteiger partial charge in [-0.3, -0.25) is 5.43 Å². The summed E-state index contributed by atoms with van der Waals surface area (Å²) in [5.74, 6) is 0.779. The first-order chi connectivity index (χ1) is 10.8. The third kappa shape index (κ3) is 5.50. The SMILES string of the molecule is CCOCCOc1ccc(Br)cc1C=NNc1ccccc1. The number of benzene rings is 2. The van der Waals surface area contributed by atoms with Crippen LogP contribution >= 0.6 is 15.9 Å². The molecule has 22 heavy (non-hydrogen) atoms. The van der Waals surface area contributed by atoms with E-state index < -0.39 is 0 Å². The summed E-state index contributed by atoms with van der Waals surface area (Å²) < 4.78 is 12.0. The highest BCUT2D eigenvalue weighted by atomic mass is 79.9. The van der Waals surface area contributed by atoms with Crippen LogP contribution in [0.4, 0.5) is 5.69 Å². The fourth-order valence-corrected chi connectivity index (χ4v) is 2.17. The van der Waals surface area contributed by atoms with Gasteiger partial charge in [0.2, 0.25) is 0 Å². The molecule has 2 rings (SSSR count). The Morgan fingerprint density at radius 1 is 1.14 bits per heavy atom. The maximum absolute atomic E-state index is 5.73. The van der Waals surface area contributed by atoms with Crippen LogP contribution in [-0.4, -0.2) is 26.0 Å². The van der Waals surface area contributed by atoms with Gasteiger partial charge < -0.3 is 9.47 Å². The molecule has 0 atom stereocenters. The van der Waals surface area contributed by atoms with Crippen molar-refractivity contribution in [2.24, 2.45) is 5.10 Å². The van der Waals surface area contributed by atoms with Crippen molar-refractivity contribution in [2.75, 3.05) is 25.2 Å². The van der Waals surface area contributed by atoms with Gasteiger partial charge in [0.15, 0.2) is 0 Å². The Morgan fingerprint density at radius 3 is 2.73 bits per heavy atom. The van der Waals surface area contributed by atoms with E-state index in [4.69, 9.17) is 9.47 Å². The van der Waals surface area contributed by atoms with Gasteiger partial charge in [-0.2, -0.15) is 5.10 Å². The number of hydrogen-bond donors (Lipinski definition) is 1. The van der Waals surface area contributed by atoms with Crippen molar-refractivity contribution in [3.8, 4) is 5.75 Å². The van der Waals surface area contributed by atoms with Crippen LogP contribution in [0.15, 0.2) is 58.1 Å². The van der Waals surface area contributed by atoms with Crippen molar-refractivity contribution in [3.05, 3.63) is 58.6 Å². The number of para-hydroxylation sites is 1. The number of hydrazone groups is 1. The second kappa shape index (κ2) is 9.23. The quantitative estimate of drug-likeness (QED) is 0.432. The second-order valence-corrected chi connectivity index (χ2v) is 5.38. The minimum atomic E-state index is 0.516. The van der Waals surface area contributed by atoms with Gasteiger partial charge in [0.05, 0.1) is 18.5 Å². The number of nitrogens with zero attached hydrogens (tertiary/aromatic N) is 1. The normalized spacial score (nSPS) is 10.8. The van der Waals surface area contributed by atoms with Crippen LogP contribution in [0.1, 0.15) is 12.5 Å². The van der Waals surface area contributed by atoms with Gasteiger partial charge in [0, 0.05) is 16.6 Å². The summed E-state index contributed by atoms with van der Waals surface area (Å²) in [6.45, 7) is 3.75. The van der Waals surface area contributed by atoms with Crippen molar-refractivity contribution in [1.82, 2.24) is 0 Å². The van der Waals surface area contributed by atoms with Crippen LogP contribution in [0.3, 0.4) is 0 Å². The molecule has 116 valence electrons. The number of anilines is 1. The molecule has 4 nitrogen and oxygen atoms in total. The largest absolute Gasteiger partial charge is 0.491 e. The van der Waals surface area contributed by atoms with E-state index in [1.165, 1.54) is 0 Å². The van der Waals surface area contributed by atoms with Gasteiger partial charge in [0.1, 0.15) is 12.4 Å². The van der Waals surface area contributed by atoms with Gasteiger partial charge in [-0.05, 0) is 37.3 Å². The van der Waals surface area contributed by atoms with Gasteiger partial charge in [-0.25, -0.2) is 0 Å². The molecule has 5 heteroatoms. The Hall–Kier alpha value is -1.85. The van der Waals surface area contributed by atoms with Crippen LogP contribution in [-0.2, 0) is 4.74 Å². The number of hydrogen-bond acceptors (Lipinski definition) is 4. The maximum Gasteiger partial charge on any atom is 0.128 e. The van der Waals surface area contributed by atoms with Gasteiger partial charge >= 0.3 is 0 Å². The summed E-state index contributed by atoms with van der Waals surface area (Å²) in [5.41, 5.74) is 4.83. The van der Waals surface area contributed by atoms with Crippen LogP contribution < -0.4 is 10.2 Å². The summed E-state index contributed by atoms with van der Waals surface area (Å²) >= 11 is 3.46. The molecule has 2 aromatic carbocycles. The van der Waals surface area contributed by atoms with Crippen LogP contribution in [0, 0.1) is 0 Å². The molecule has 0 radical (unpaired) electrons. The summed E-state index contributed by atoms with van der Waals surface area (Å²) in [7, 11) is 0. The minimum absolute atomic E-state index is 0.516. The topological polar surface area (TPSA) is 42.9 Å². The maximum atomic E-state index is 5.73. The predicted molar refractivity (Wildman–Crippen MR) is 93.8 cm³/mol. The van der Waals surface area contributed by atoms with E-state index in [1.54, 1.807) is 6.21 Å². The van der Waals surface area contributed by atoms with E-state index in [0.29, 0.717) is 19.8 Å². The molecular weight excluding hydrogens is 344 g/mol. The van der Waals surface area contributed by atoms with Gasteiger partial charge in [-0.1, -0.05) is 34.1 Å². The van der Waals surface area contributed by atoms with Crippen LogP contribution in [0.25, 0.3) is 0 Å². The number of nitrogens with one attached hydrogen (secondary N) is 1. The zero-order valence-corrected chi connectivity index (χ0v) is 14.0. The zero-order valence-electron chi connectivity index (χ0n) is 12.5. The fourth-order valence-electron chi connectivity index (χ4n) is 1.80. The lowest BCUT2D eigenvalue weighted by Gasteiger charge is -2.09. The Balaban J connectivity index is 2.00. The third-order valence-corrected chi connectivity index (χ3v) is 3.33. The minimum Gasteiger partial charge on any atom is -0.491 e. The van der Waals surface area contributed by atoms with E-state index >= 15 is 0 Å². The predicted octanol–water partition coefficient (Wildman–Crippen LogP) is 4.31. The van der Waals surface area contributed by atoms with E-state index in [2.05, 4.69) is 26.5 Å². The van der Waals surface area contributed by atoms with Crippen LogP contribution in [0.5, 0.6) is 5.75 Å². The molecule has 0 spiro atoms. The Morgan fingerprint density at radius 2 is 1.95 bits per heavy atom. The Kier molecular flexibility index (Phi) is 6.93. The summed E-state index contributed by atoms with van der Waals surface area (Å²) in [4.78, 5) is 0. The van der Waals surface area contributed by atoms with Gasteiger partial charge in [-0.15, -0.1) is 0 Å². The highest BCUT2D eigenvalue weighted by molar-refractivity contribution is 9.10. The standard InChI is InChI=1S/C17H19BrN2O2/c1-2-21-10-11-22-17-9-8-15(18)12-14(17)13-19-20-16-6-4-3-5-7-16/h3-9,12-13,20H,2,10-11H2,1H3. The first kappa shape index (κ1) is 16.5. The molecule has 0 aliphatic rings. The number of halogens is 1. The lowest BCUT2D eigenvalue weighted by atomic mass is 10.2. The summed E-state index contributed by atoms with van der Waals surface area (Å²) in [6.07, 6.45) is 1.74. The highest BCUT2D eigenvalue weighted by Crippen LogP contribution is 2.22. The smallest absolute Gasteiger partial charge is 0.128 e. The molecule has 2 aromatic rings. The second-order valence-electron chi connectivity index (χ2n) is 4.46. The molecule has 0 aliphatic carbocycles. The molecule has 0 heterocycles. The lowest BCUT2D eigenvalue weighted by molar-refractivity contribution is 0.110. The van der Waals surface area contributed by atoms with Crippen molar-refractivity contribution < 1.29 is 9.47 Å². The number of ether oxygens (including phenoxy) is 2. The summed E-state index contributed by atoms with van der Waals surface area (Å²) in [6, 6.07) is 15.6. The monoisotopic (exact) mass is 362 g/mol. The Bertz CT molecular complexity index is 603. The van der Waals surface area contributed by atoms with Crippen molar-refractivity contribution in [3.63, 3.8) is 0 Å².